The maximum absolute atomic E-state index is 6.10. The molecule has 0 bridgehead atoms. The summed E-state index contributed by atoms with van der Waals surface area (Å²) in [6.45, 7) is 3.90. The second-order valence-corrected chi connectivity index (χ2v) is 5.90. The van der Waals surface area contributed by atoms with Gasteiger partial charge in [0.05, 0.1) is 0 Å². The number of hydrogen-bond donors (Lipinski definition) is 1. The van der Waals surface area contributed by atoms with Gasteiger partial charge in [0.25, 0.3) is 0 Å². The molecular formula is C17H15ClN2O. The van der Waals surface area contributed by atoms with Gasteiger partial charge >= 0.3 is 0 Å². The SMILES string of the molecule is Cc1cc(Cl)cc2nc(-c3cccc4c3CCNC4)oc12. The summed E-state index contributed by atoms with van der Waals surface area (Å²) in [4.78, 5) is 4.64. The van der Waals surface area contributed by atoms with Crippen LogP contribution in [0.3, 0.4) is 0 Å². The fourth-order valence-corrected chi connectivity index (χ4v) is 3.27. The van der Waals surface area contributed by atoms with Crippen molar-refractivity contribution in [2.75, 3.05) is 6.54 Å². The van der Waals surface area contributed by atoms with Crippen molar-refractivity contribution in [3.8, 4) is 11.5 Å². The number of benzene rings is 2. The zero-order valence-electron chi connectivity index (χ0n) is 11.7. The topological polar surface area (TPSA) is 38.1 Å². The van der Waals surface area contributed by atoms with E-state index in [9.17, 15) is 0 Å². The Kier molecular flexibility index (Phi) is 2.98. The maximum atomic E-state index is 6.10. The first kappa shape index (κ1) is 12.9. The second-order valence-electron chi connectivity index (χ2n) is 5.46. The van der Waals surface area contributed by atoms with Crippen LogP contribution in [-0.4, -0.2) is 11.5 Å². The Labute approximate surface area is 127 Å². The molecule has 0 unspecified atom stereocenters. The molecular weight excluding hydrogens is 284 g/mol. The van der Waals surface area contributed by atoms with Crippen molar-refractivity contribution < 1.29 is 4.42 Å². The van der Waals surface area contributed by atoms with Crippen LogP contribution in [0.5, 0.6) is 0 Å². The molecule has 0 radical (unpaired) electrons. The third kappa shape index (κ3) is 2.13. The van der Waals surface area contributed by atoms with E-state index in [0.29, 0.717) is 10.9 Å². The molecule has 1 aromatic heterocycles. The van der Waals surface area contributed by atoms with E-state index >= 15 is 0 Å². The molecule has 21 heavy (non-hydrogen) atoms. The largest absolute Gasteiger partial charge is 0.436 e. The Bertz CT molecular complexity index is 838. The molecule has 0 amide bonds. The molecule has 0 spiro atoms. The molecule has 4 rings (SSSR count). The van der Waals surface area contributed by atoms with Gasteiger partial charge in [-0.15, -0.1) is 0 Å². The number of rotatable bonds is 1. The molecule has 3 aromatic rings. The third-order valence-corrected chi connectivity index (χ3v) is 4.23. The molecule has 1 aliphatic heterocycles. The predicted molar refractivity (Wildman–Crippen MR) is 84.6 cm³/mol. The summed E-state index contributed by atoms with van der Waals surface area (Å²) in [6.07, 6.45) is 1.00. The van der Waals surface area contributed by atoms with Gasteiger partial charge in [0.2, 0.25) is 5.89 Å². The van der Waals surface area contributed by atoms with Crippen molar-refractivity contribution in [1.82, 2.24) is 10.3 Å². The zero-order valence-corrected chi connectivity index (χ0v) is 12.5. The number of halogens is 1. The standard InChI is InChI=1S/C17H15ClN2O/c1-10-7-12(18)8-15-16(10)21-17(20-15)14-4-2-3-11-9-19-6-5-13(11)14/h2-4,7-8,19H,5-6,9H2,1H3. The molecule has 4 heteroatoms. The Balaban J connectivity index is 1.93. The average Bonchev–Trinajstić information content (AvgIpc) is 2.90. The molecule has 2 heterocycles. The van der Waals surface area contributed by atoms with Crippen LogP contribution < -0.4 is 5.32 Å². The molecule has 1 aliphatic rings. The van der Waals surface area contributed by atoms with Crippen LogP contribution in [-0.2, 0) is 13.0 Å². The monoisotopic (exact) mass is 298 g/mol. The summed E-state index contributed by atoms with van der Waals surface area (Å²) < 4.78 is 6.02. The van der Waals surface area contributed by atoms with E-state index in [2.05, 4.69) is 28.5 Å². The highest BCUT2D eigenvalue weighted by molar-refractivity contribution is 6.31. The van der Waals surface area contributed by atoms with E-state index in [1.54, 1.807) is 0 Å². The van der Waals surface area contributed by atoms with Crippen LogP contribution in [0.1, 0.15) is 16.7 Å². The van der Waals surface area contributed by atoms with Gasteiger partial charge in [-0.3, -0.25) is 0 Å². The van der Waals surface area contributed by atoms with Crippen molar-refractivity contribution in [2.45, 2.75) is 19.9 Å². The first-order valence-corrected chi connectivity index (χ1v) is 7.49. The van der Waals surface area contributed by atoms with Gasteiger partial charge in [-0.2, -0.15) is 0 Å². The van der Waals surface area contributed by atoms with Gasteiger partial charge in [0.1, 0.15) is 5.52 Å². The highest BCUT2D eigenvalue weighted by Gasteiger charge is 2.18. The molecule has 0 aliphatic carbocycles. The van der Waals surface area contributed by atoms with Crippen molar-refractivity contribution in [2.24, 2.45) is 0 Å². The number of oxazole rings is 1. The van der Waals surface area contributed by atoms with Gasteiger partial charge in [0, 0.05) is 17.1 Å². The van der Waals surface area contributed by atoms with E-state index in [-0.39, 0.29) is 0 Å². The lowest BCUT2D eigenvalue weighted by atomic mass is 9.95. The minimum Gasteiger partial charge on any atom is -0.436 e. The quantitative estimate of drug-likeness (QED) is 0.735. The van der Waals surface area contributed by atoms with Crippen molar-refractivity contribution in [3.05, 3.63) is 52.0 Å². The zero-order chi connectivity index (χ0) is 14.4. The number of aromatic nitrogens is 1. The number of nitrogens with zero attached hydrogens (tertiary/aromatic N) is 1. The number of fused-ring (bicyclic) bond motifs is 2. The van der Waals surface area contributed by atoms with E-state index < -0.39 is 0 Å². The fourth-order valence-electron chi connectivity index (χ4n) is 3.00. The maximum Gasteiger partial charge on any atom is 0.227 e. The Morgan fingerprint density at radius 2 is 2.19 bits per heavy atom. The van der Waals surface area contributed by atoms with E-state index in [1.807, 2.05) is 19.1 Å². The summed E-state index contributed by atoms with van der Waals surface area (Å²) in [5, 5.41) is 4.09. The first-order valence-electron chi connectivity index (χ1n) is 7.11. The minimum atomic E-state index is 0.689. The van der Waals surface area contributed by atoms with Crippen LogP contribution in [0.2, 0.25) is 5.02 Å². The molecule has 2 aromatic carbocycles. The summed E-state index contributed by atoms with van der Waals surface area (Å²) in [5.41, 5.74) is 6.42. The van der Waals surface area contributed by atoms with E-state index in [1.165, 1.54) is 11.1 Å². The summed E-state index contributed by atoms with van der Waals surface area (Å²) in [6, 6.07) is 10.1. The lowest BCUT2D eigenvalue weighted by Gasteiger charge is -2.18. The smallest absolute Gasteiger partial charge is 0.227 e. The molecule has 0 fully saturated rings. The number of hydrogen-bond acceptors (Lipinski definition) is 3. The highest BCUT2D eigenvalue weighted by atomic mass is 35.5. The van der Waals surface area contributed by atoms with Crippen LogP contribution in [0.4, 0.5) is 0 Å². The molecule has 0 saturated heterocycles. The third-order valence-electron chi connectivity index (χ3n) is 4.01. The summed E-state index contributed by atoms with van der Waals surface area (Å²) >= 11 is 6.10. The van der Waals surface area contributed by atoms with Crippen molar-refractivity contribution >= 4 is 22.7 Å². The van der Waals surface area contributed by atoms with Gasteiger partial charge in [-0.05, 0) is 54.8 Å². The predicted octanol–water partition coefficient (Wildman–Crippen LogP) is 4.10. The van der Waals surface area contributed by atoms with Crippen LogP contribution in [0.25, 0.3) is 22.6 Å². The van der Waals surface area contributed by atoms with E-state index in [0.717, 1.165) is 41.7 Å². The Morgan fingerprint density at radius 1 is 1.29 bits per heavy atom. The normalized spacial score (nSPS) is 14.4. The van der Waals surface area contributed by atoms with Crippen LogP contribution >= 0.6 is 11.6 Å². The van der Waals surface area contributed by atoms with Gasteiger partial charge in [0.15, 0.2) is 5.58 Å². The second kappa shape index (κ2) is 4.86. The highest BCUT2D eigenvalue weighted by Crippen LogP contribution is 2.32. The van der Waals surface area contributed by atoms with Crippen molar-refractivity contribution in [3.63, 3.8) is 0 Å². The molecule has 1 N–H and O–H groups in total. The van der Waals surface area contributed by atoms with Crippen LogP contribution in [0, 0.1) is 6.92 Å². The molecule has 106 valence electrons. The number of aryl methyl sites for hydroxylation is 1. The summed E-state index contributed by atoms with van der Waals surface area (Å²) in [7, 11) is 0. The van der Waals surface area contributed by atoms with Crippen molar-refractivity contribution in [1.29, 1.82) is 0 Å². The van der Waals surface area contributed by atoms with Gasteiger partial charge in [-0.1, -0.05) is 23.7 Å². The Hall–Kier alpha value is -1.84. The summed E-state index contributed by atoms with van der Waals surface area (Å²) in [5.74, 6) is 0.689. The number of nitrogens with one attached hydrogen (secondary N) is 1. The molecule has 0 atom stereocenters. The molecule has 3 nitrogen and oxygen atoms in total. The lowest BCUT2D eigenvalue weighted by molar-refractivity contribution is 0.609. The van der Waals surface area contributed by atoms with Crippen LogP contribution in [0.15, 0.2) is 34.7 Å². The first-order chi connectivity index (χ1) is 10.2. The minimum absolute atomic E-state index is 0.689. The lowest BCUT2D eigenvalue weighted by Crippen LogP contribution is -2.24. The average molecular weight is 299 g/mol. The van der Waals surface area contributed by atoms with Gasteiger partial charge < -0.3 is 9.73 Å². The van der Waals surface area contributed by atoms with E-state index in [4.69, 9.17) is 16.0 Å². The Morgan fingerprint density at radius 3 is 3.10 bits per heavy atom. The fraction of sp³-hybridized carbons (Fsp3) is 0.235. The van der Waals surface area contributed by atoms with Gasteiger partial charge in [-0.25, -0.2) is 4.98 Å². The molecule has 0 saturated carbocycles.